The standard InChI is InChI=1S/C25H28N4O2/c1-3-22(20-10-6-4-7-11-20)25(30)29-16-14-28(15-17-29)23-18-24(27-19(2)26-23)31-21-12-8-5-9-13-21/h4-13,18,22H,3,14-17H2,1-2H3. The highest BCUT2D eigenvalue weighted by Crippen LogP contribution is 2.26. The van der Waals surface area contributed by atoms with Crippen molar-refractivity contribution in [3.8, 4) is 11.6 Å². The summed E-state index contributed by atoms with van der Waals surface area (Å²) in [7, 11) is 0. The molecule has 6 heteroatoms. The third-order valence-electron chi connectivity index (χ3n) is 5.59. The largest absolute Gasteiger partial charge is 0.439 e. The molecule has 0 N–H and O–H groups in total. The molecule has 2 heterocycles. The molecule has 0 bridgehead atoms. The third kappa shape index (κ3) is 5.02. The maximum atomic E-state index is 13.1. The molecule has 1 aromatic heterocycles. The van der Waals surface area contributed by atoms with Crippen molar-refractivity contribution in [2.75, 3.05) is 31.1 Å². The van der Waals surface area contributed by atoms with Crippen LogP contribution in [0, 0.1) is 6.92 Å². The predicted molar refractivity (Wildman–Crippen MR) is 122 cm³/mol. The number of aromatic nitrogens is 2. The van der Waals surface area contributed by atoms with E-state index in [0.29, 0.717) is 24.8 Å². The molecule has 160 valence electrons. The normalized spacial score (nSPS) is 14.9. The summed E-state index contributed by atoms with van der Waals surface area (Å²) >= 11 is 0. The average Bonchev–Trinajstić information content (AvgIpc) is 2.80. The van der Waals surface area contributed by atoms with E-state index >= 15 is 0 Å². The van der Waals surface area contributed by atoms with Gasteiger partial charge in [0, 0.05) is 32.2 Å². The number of aryl methyl sites for hydroxylation is 1. The van der Waals surface area contributed by atoms with E-state index in [1.54, 1.807) is 0 Å². The Morgan fingerprint density at radius 2 is 1.61 bits per heavy atom. The Bertz CT molecular complexity index is 1000. The number of carbonyl (C=O) groups is 1. The lowest BCUT2D eigenvalue weighted by Crippen LogP contribution is -2.50. The number of hydrogen-bond donors (Lipinski definition) is 0. The van der Waals surface area contributed by atoms with Crippen molar-refractivity contribution in [3.05, 3.63) is 78.1 Å². The molecule has 1 unspecified atom stereocenters. The summed E-state index contributed by atoms with van der Waals surface area (Å²) in [5.41, 5.74) is 1.09. The quantitative estimate of drug-likeness (QED) is 0.595. The topological polar surface area (TPSA) is 58.6 Å². The van der Waals surface area contributed by atoms with Gasteiger partial charge < -0.3 is 14.5 Å². The van der Waals surface area contributed by atoms with E-state index in [-0.39, 0.29) is 11.8 Å². The van der Waals surface area contributed by atoms with Crippen LogP contribution in [0.4, 0.5) is 5.82 Å². The highest BCUT2D eigenvalue weighted by atomic mass is 16.5. The lowest BCUT2D eigenvalue weighted by molar-refractivity contribution is -0.133. The van der Waals surface area contributed by atoms with Crippen LogP contribution in [-0.4, -0.2) is 47.0 Å². The Hall–Kier alpha value is -3.41. The molecular formula is C25H28N4O2. The monoisotopic (exact) mass is 416 g/mol. The zero-order chi connectivity index (χ0) is 21.6. The average molecular weight is 417 g/mol. The molecule has 1 saturated heterocycles. The second kappa shape index (κ2) is 9.60. The van der Waals surface area contributed by atoms with E-state index in [1.807, 2.05) is 78.6 Å². The number of carbonyl (C=O) groups excluding carboxylic acids is 1. The first-order valence-electron chi connectivity index (χ1n) is 10.8. The van der Waals surface area contributed by atoms with Crippen LogP contribution in [0.25, 0.3) is 0 Å². The molecule has 1 aliphatic rings. The van der Waals surface area contributed by atoms with Crippen LogP contribution < -0.4 is 9.64 Å². The van der Waals surface area contributed by atoms with Crippen LogP contribution in [0.1, 0.15) is 30.7 Å². The maximum absolute atomic E-state index is 13.1. The second-order valence-electron chi connectivity index (χ2n) is 7.71. The summed E-state index contributed by atoms with van der Waals surface area (Å²) in [6, 6.07) is 21.5. The first-order chi connectivity index (χ1) is 15.1. The van der Waals surface area contributed by atoms with E-state index in [9.17, 15) is 4.79 Å². The van der Waals surface area contributed by atoms with Gasteiger partial charge >= 0.3 is 0 Å². The van der Waals surface area contributed by atoms with Crippen LogP contribution >= 0.6 is 0 Å². The molecule has 0 saturated carbocycles. The van der Waals surface area contributed by atoms with Gasteiger partial charge in [-0.05, 0) is 31.0 Å². The molecule has 1 amide bonds. The van der Waals surface area contributed by atoms with Crippen LogP contribution in [0.2, 0.25) is 0 Å². The number of benzene rings is 2. The lowest BCUT2D eigenvalue weighted by atomic mass is 9.95. The molecule has 0 aliphatic carbocycles. The maximum Gasteiger partial charge on any atom is 0.230 e. The van der Waals surface area contributed by atoms with Crippen LogP contribution in [0.5, 0.6) is 11.6 Å². The van der Waals surface area contributed by atoms with Gasteiger partial charge in [-0.15, -0.1) is 0 Å². The van der Waals surface area contributed by atoms with Crippen molar-refractivity contribution in [3.63, 3.8) is 0 Å². The van der Waals surface area contributed by atoms with Gasteiger partial charge in [-0.2, -0.15) is 4.98 Å². The first-order valence-corrected chi connectivity index (χ1v) is 10.8. The number of nitrogens with zero attached hydrogens (tertiary/aromatic N) is 4. The minimum atomic E-state index is -0.0834. The number of piperazine rings is 1. The van der Waals surface area contributed by atoms with Gasteiger partial charge in [0.15, 0.2) is 0 Å². The molecule has 2 aromatic carbocycles. The molecule has 31 heavy (non-hydrogen) atoms. The van der Waals surface area contributed by atoms with Crippen molar-refractivity contribution in [2.24, 2.45) is 0 Å². The lowest BCUT2D eigenvalue weighted by Gasteiger charge is -2.37. The molecule has 4 rings (SSSR count). The van der Waals surface area contributed by atoms with Crippen LogP contribution in [-0.2, 0) is 4.79 Å². The van der Waals surface area contributed by atoms with E-state index in [0.717, 1.165) is 36.6 Å². The Morgan fingerprint density at radius 3 is 2.26 bits per heavy atom. The third-order valence-corrected chi connectivity index (χ3v) is 5.59. The first kappa shape index (κ1) is 20.8. The molecule has 3 aromatic rings. The van der Waals surface area contributed by atoms with E-state index in [4.69, 9.17) is 4.74 Å². The van der Waals surface area contributed by atoms with Gasteiger partial charge in [0.05, 0.1) is 5.92 Å². The van der Waals surface area contributed by atoms with Gasteiger partial charge in [0.25, 0.3) is 0 Å². The van der Waals surface area contributed by atoms with Crippen molar-refractivity contribution in [1.82, 2.24) is 14.9 Å². The number of para-hydroxylation sites is 1. The SMILES string of the molecule is CCC(C(=O)N1CCN(c2cc(Oc3ccccc3)nc(C)n2)CC1)c1ccccc1. The minimum Gasteiger partial charge on any atom is -0.439 e. The molecule has 0 spiro atoms. The molecular weight excluding hydrogens is 388 g/mol. The number of hydrogen-bond acceptors (Lipinski definition) is 5. The zero-order valence-corrected chi connectivity index (χ0v) is 18.1. The Morgan fingerprint density at radius 1 is 0.968 bits per heavy atom. The summed E-state index contributed by atoms with van der Waals surface area (Å²) in [6.07, 6.45) is 0.800. The minimum absolute atomic E-state index is 0.0834. The fourth-order valence-electron chi connectivity index (χ4n) is 3.96. The van der Waals surface area contributed by atoms with Crippen molar-refractivity contribution >= 4 is 11.7 Å². The van der Waals surface area contributed by atoms with E-state index < -0.39 is 0 Å². The molecule has 1 atom stereocenters. The highest BCUT2D eigenvalue weighted by molar-refractivity contribution is 5.84. The molecule has 0 radical (unpaired) electrons. The van der Waals surface area contributed by atoms with E-state index in [2.05, 4.69) is 21.8 Å². The van der Waals surface area contributed by atoms with Gasteiger partial charge in [0.2, 0.25) is 11.8 Å². The van der Waals surface area contributed by atoms with Crippen molar-refractivity contribution in [2.45, 2.75) is 26.2 Å². The summed E-state index contributed by atoms with van der Waals surface area (Å²) < 4.78 is 5.90. The number of rotatable bonds is 6. The zero-order valence-electron chi connectivity index (χ0n) is 18.1. The Kier molecular flexibility index (Phi) is 6.46. The van der Waals surface area contributed by atoms with E-state index in [1.165, 1.54) is 0 Å². The molecule has 1 aliphatic heterocycles. The summed E-state index contributed by atoms with van der Waals surface area (Å²) in [6.45, 7) is 6.77. The summed E-state index contributed by atoms with van der Waals surface area (Å²) in [5, 5.41) is 0. The highest BCUT2D eigenvalue weighted by Gasteiger charge is 2.28. The van der Waals surface area contributed by atoms with Crippen molar-refractivity contribution in [1.29, 1.82) is 0 Å². The number of ether oxygens (including phenoxy) is 1. The second-order valence-corrected chi connectivity index (χ2v) is 7.71. The number of anilines is 1. The van der Waals surface area contributed by atoms with Crippen LogP contribution in [0.15, 0.2) is 66.7 Å². The fourth-order valence-corrected chi connectivity index (χ4v) is 3.96. The number of amides is 1. The molecule has 1 fully saturated rings. The predicted octanol–water partition coefficient (Wildman–Crippen LogP) is 4.42. The van der Waals surface area contributed by atoms with Gasteiger partial charge in [0.1, 0.15) is 17.4 Å². The van der Waals surface area contributed by atoms with Gasteiger partial charge in [-0.25, -0.2) is 4.98 Å². The molecule has 6 nitrogen and oxygen atoms in total. The Labute approximate surface area is 183 Å². The fraction of sp³-hybridized carbons (Fsp3) is 0.320. The van der Waals surface area contributed by atoms with Gasteiger partial charge in [-0.1, -0.05) is 55.5 Å². The Balaban J connectivity index is 1.42. The summed E-state index contributed by atoms with van der Waals surface area (Å²) in [5.74, 6) is 2.90. The van der Waals surface area contributed by atoms with Crippen molar-refractivity contribution < 1.29 is 9.53 Å². The van der Waals surface area contributed by atoms with Crippen LogP contribution in [0.3, 0.4) is 0 Å². The smallest absolute Gasteiger partial charge is 0.230 e. The van der Waals surface area contributed by atoms with Gasteiger partial charge in [-0.3, -0.25) is 4.79 Å². The summed E-state index contributed by atoms with van der Waals surface area (Å²) in [4.78, 5) is 26.3.